The van der Waals surface area contributed by atoms with Gasteiger partial charge >= 0.3 is 5.97 Å². The third-order valence-corrected chi connectivity index (χ3v) is 2.26. The zero-order valence-corrected chi connectivity index (χ0v) is 10.5. The average Bonchev–Trinajstić information content (AvgIpc) is 2.32. The first kappa shape index (κ1) is 14.2. The second-order valence-corrected chi connectivity index (χ2v) is 3.56. The molecule has 0 aliphatic carbocycles. The Labute approximate surface area is 105 Å². The van der Waals surface area contributed by atoms with E-state index in [1.165, 1.54) is 6.07 Å². The lowest BCUT2D eigenvalue weighted by Gasteiger charge is -2.11. The lowest BCUT2D eigenvalue weighted by Crippen LogP contribution is -2.12. The summed E-state index contributed by atoms with van der Waals surface area (Å²) in [6, 6.07) is 2.44. The summed E-state index contributed by atoms with van der Waals surface area (Å²) in [5.74, 6) is -1.08. The fourth-order valence-electron chi connectivity index (χ4n) is 1.40. The molecule has 0 amide bonds. The Morgan fingerprint density at radius 3 is 2.83 bits per heavy atom. The van der Waals surface area contributed by atoms with Crippen molar-refractivity contribution in [3.8, 4) is 0 Å². The van der Waals surface area contributed by atoms with Crippen LogP contribution in [0.4, 0.5) is 15.8 Å². The number of nitrogens with two attached hydrogens (primary N) is 1. The number of hydrogen-bond donors (Lipinski definition) is 2. The predicted molar refractivity (Wildman–Crippen MR) is 67.1 cm³/mol. The number of anilines is 2. The predicted octanol–water partition coefficient (Wildman–Crippen LogP) is 1.64. The Morgan fingerprint density at radius 1 is 1.50 bits per heavy atom. The quantitative estimate of drug-likeness (QED) is 0.460. The maximum absolute atomic E-state index is 13.6. The van der Waals surface area contributed by atoms with Crippen LogP contribution in [0.1, 0.15) is 17.3 Å². The number of ether oxygens (including phenoxy) is 2. The molecule has 18 heavy (non-hydrogen) atoms. The molecule has 0 bridgehead atoms. The van der Waals surface area contributed by atoms with E-state index in [1.807, 2.05) is 0 Å². The van der Waals surface area contributed by atoms with Crippen LogP contribution in [0.5, 0.6) is 0 Å². The van der Waals surface area contributed by atoms with Gasteiger partial charge in [0.1, 0.15) is 5.82 Å². The lowest BCUT2D eigenvalue weighted by atomic mass is 10.1. The average molecular weight is 256 g/mol. The van der Waals surface area contributed by atoms with Gasteiger partial charge < -0.3 is 20.5 Å². The molecule has 0 saturated heterocycles. The normalized spacial score (nSPS) is 10.2. The van der Waals surface area contributed by atoms with Crippen LogP contribution >= 0.6 is 0 Å². The maximum atomic E-state index is 13.6. The molecule has 0 saturated carbocycles. The van der Waals surface area contributed by atoms with E-state index in [1.54, 1.807) is 14.0 Å². The molecule has 0 unspecified atom stereocenters. The highest BCUT2D eigenvalue weighted by molar-refractivity contribution is 5.96. The number of nitrogen functional groups attached to an aromatic ring is 1. The minimum Gasteiger partial charge on any atom is -0.462 e. The molecule has 0 fully saturated rings. The van der Waals surface area contributed by atoms with Crippen LogP contribution in [0, 0.1) is 5.82 Å². The number of halogens is 1. The smallest absolute Gasteiger partial charge is 0.340 e. The Kier molecular flexibility index (Phi) is 5.38. The first-order valence-corrected chi connectivity index (χ1v) is 5.59. The Hall–Kier alpha value is -1.82. The number of carbonyl (C=O) groups is 1. The number of esters is 1. The highest BCUT2D eigenvalue weighted by atomic mass is 19.1. The van der Waals surface area contributed by atoms with Crippen LogP contribution in [0.25, 0.3) is 0 Å². The minimum absolute atomic E-state index is 0.0586. The van der Waals surface area contributed by atoms with Crippen molar-refractivity contribution in [2.75, 3.05) is 37.9 Å². The van der Waals surface area contributed by atoms with Crippen molar-refractivity contribution in [2.24, 2.45) is 0 Å². The Bertz CT molecular complexity index is 424. The molecule has 6 heteroatoms. The molecule has 0 aromatic heterocycles. The zero-order chi connectivity index (χ0) is 13.5. The summed E-state index contributed by atoms with van der Waals surface area (Å²) >= 11 is 0. The standard InChI is InChI=1S/C12H17FN2O3/c1-3-18-12(16)8-6-11(15-4-5-17-2)9(13)7-10(8)14/h6-7,15H,3-5,14H2,1-2H3. The summed E-state index contributed by atoms with van der Waals surface area (Å²) in [6.07, 6.45) is 0. The maximum Gasteiger partial charge on any atom is 0.340 e. The van der Waals surface area contributed by atoms with Crippen molar-refractivity contribution < 1.29 is 18.7 Å². The van der Waals surface area contributed by atoms with Gasteiger partial charge in [0.05, 0.1) is 24.5 Å². The van der Waals surface area contributed by atoms with Crippen molar-refractivity contribution in [3.63, 3.8) is 0 Å². The molecule has 0 aliphatic heterocycles. The van der Waals surface area contributed by atoms with Crippen molar-refractivity contribution in [2.45, 2.75) is 6.92 Å². The van der Waals surface area contributed by atoms with Crippen LogP contribution in [0.3, 0.4) is 0 Å². The Balaban J connectivity index is 2.91. The minimum atomic E-state index is -0.565. The van der Waals surface area contributed by atoms with Crippen LogP contribution in [0.2, 0.25) is 0 Å². The molecule has 5 nitrogen and oxygen atoms in total. The van der Waals surface area contributed by atoms with Gasteiger partial charge in [-0.3, -0.25) is 0 Å². The fourth-order valence-corrected chi connectivity index (χ4v) is 1.40. The topological polar surface area (TPSA) is 73.6 Å². The van der Waals surface area contributed by atoms with Gasteiger partial charge in [0.15, 0.2) is 0 Å². The van der Waals surface area contributed by atoms with Crippen molar-refractivity contribution >= 4 is 17.3 Å². The van der Waals surface area contributed by atoms with Crippen LogP contribution in [-0.2, 0) is 9.47 Å². The van der Waals surface area contributed by atoms with Gasteiger partial charge in [-0.05, 0) is 19.1 Å². The third kappa shape index (κ3) is 3.59. The number of nitrogens with one attached hydrogen (secondary N) is 1. The zero-order valence-electron chi connectivity index (χ0n) is 10.5. The van der Waals surface area contributed by atoms with Crippen LogP contribution < -0.4 is 11.1 Å². The highest BCUT2D eigenvalue weighted by Gasteiger charge is 2.14. The highest BCUT2D eigenvalue weighted by Crippen LogP contribution is 2.22. The van der Waals surface area contributed by atoms with E-state index >= 15 is 0 Å². The summed E-state index contributed by atoms with van der Waals surface area (Å²) in [6.45, 7) is 2.79. The summed E-state index contributed by atoms with van der Waals surface area (Å²) in [7, 11) is 1.55. The fraction of sp³-hybridized carbons (Fsp3) is 0.417. The SMILES string of the molecule is CCOC(=O)c1cc(NCCOC)c(F)cc1N. The second-order valence-electron chi connectivity index (χ2n) is 3.56. The van der Waals surface area contributed by atoms with Gasteiger partial charge in [0.2, 0.25) is 0 Å². The molecule has 0 atom stereocenters. The summed E-state index contributed by atoms with van der Waals surface area (Å²) in [4.78, 5) is 11.6. The van der Waals surface area contributed by atoms with E-state index in [0.29, 0.717) is 13.2 Å². The largest absolute Gasteiger partial charge is 0.462 e. The summed E-state index contributed by atoms with van der Waals surface area (Å²) < 4.78 is 23.2. The van der Waals surface area contributed by atoms with Gasteiger partial charge in [-0.2, -0.15) is 0 Å². The third-order valence-electron chi connectivity index (χ3n) is 2.26. The summed E-state index contributed by atoms with van der Waals surface area (Å²) in [5, 5.41) is 2.82. The molecule has 3 N–H and O–H groups in total. The number of methoxy groups -OCH3 is 1. The molecule has 0 heterocycles. The number of benzene rings is 1. The van der Waals surface area contributed by atoms with E-state index in [0.717, 1.165) is 6.07 Å². The van der Waals surface area contributed by atoms with Crippen molar-refractivity contribution in [1.29, 1.82) is 0 Å². The van der Waals surface area contributed by atoms with E-state index < -0.39 is 11.8 Å². The van der Waals surface area contributed by atoms with E-state index in [9.17, 15) is 9.18 Å². The van der Waals surface area contributed by atoms with Gasteiger partial charge in [0.25, 0.3) is 0 Å². The lowest BCUT2D eigenvalue weighted by molar-refractivity contribution is 0.0527. The van der Waals surface area contributed by atoms with Crippen LogP contribution in [-0.4, -0.2) is 32.8 Å². The second kappa shape index (κ2) is 6.80. The molecular formula is C12H17FN2O3. The van der Waals surface area contributed by atoms with Gasteiger partial charge in [-0.15, -0.1) is 0 Å². The number of carbonyl (C=O) groups excluding carboxylic acids is 1. The number of hydrogen-bond acceptors (Lipinski definition) is 5. The number of rotatable bonds is 6. The molecule has 1 rings (SSSR count). The molecule has 0 aliphatic rings. The van der Waals surface area contributed by atoms with E-state index in [2.05, 4.69) is 5.32 Å². The van der Waals surface area contributed by atoms with E-state index in [4.69, 9.17) is 15.2 Å². The molecular weight excluding hydrogens is 239 g/mol. The summed E-state index contributed by atoms with van der Waals surface area (Å²) in [5.41, 5.74) is 5.99. The molecule has 0 spiro atoms. The molecule has 1 aromatic rings. The van der Waals surface area contributed by atoms with Gasteiger partial charge in [-0.1, -0.05) is 0 Å². The Morgan fingerprint density at radius 2 is 2.22 bits per heavy atom. The van der Waals surface area contributed by atoms with Crippen molar-refractivity contribution in [3.05, 3.63) is 23.5 Å². The van der Waals surface area contributed by atoms with Gasteiger partial charge in [0, 0.05) is 19.3 Å². The first-order valence-electron chi connectivity index (χ1n) is 5.59. The first-order chi connectivity index (χ1) is 8.60. The molecule has 0 radical (unpaired) electrons. The van der Waals surface area contributed by atoms with Crippen LogP contribution in [0.15, 0.2) is 12.1 Å². The molecule has 1 aromatic carbocycles. The van der Waals surface area contributed by atoms with E-state index in [-0.39, 0.29) is 23.5 Å². The van der Waals surface area contributed by atoms with Gasteiger partial charge in [-0.25, -0.2) is 9.18 Å². The van der Waals surface area contributed by atoms with Crippen molar-refractivity contribution in [1.82, 2.24) is 0 Å². The molecule has 100 valence electrons. The monoisotopic (exact) mass is 256 g/mol.